The fourth-order valence-electron chi connectivity index (χ4n) is 1.37. The summed E-state index contributed by atoms with van der Waals surface area (Å²) in [6.45, 7) is 4.10. The Kier molecular flexibility index (Phi) is 5.47. The highest BCUT2D eigenvalue weighted by Gasteiger charge is 2.16. The van der Waals surface area contributed by atoms with E-state index in [2.05, 4.69) is 6.92 Å². The fraction of sp³-hybridized carbons (Fsp3) is 0.455. The molecule has 2 atom stereocenters. The smallest absolute Gasteiger partial charge is 0.124 e. The van der Waals surface area contributed by atoms with Gasteiger partial charge < -0.3 is 15.9 Å². The number of phenols is 2. The zero-order valence-electron chi connectivity index (χ0n) is 8.97. The summed E-state index contributed by atoms with van der Waals surface area (Å²) in [6.07, 6.45) is 0.960. The number of hydrogen-bond donors (Lipinski definition) is 3. The van der Waals surface area contributed by atoms with Gasteiger partial charge in [0.1, 0.15) is 11.5 Å². The summed E-state index contributed by atoms with van der Waals surface area (Å²) in [4.78, 5) is 0. The number of benzene rings is 1. The quantitative estimate of drug-likeness (QED) is 0.749. The molecule has 3 nitrogen and oxygen atoms in total. The predicted octanol–water partition coefficient (Wildman–Crippen LogP) is 2.57. The Balaban J connectivity index is 0.00000196. The molecular weight excluding hydrogens is 214 g/mol. The molecule has 0 radical (unpaired) electrons. The van der Waals surface area contributed by atoms with Gasteiger partial charge in [-0.3, -0.25) is 0 Å². The van der Waals surface area contributed by atoms with Gasteiger partial charge in [0.05, 0.1) is 0 Å². The predicted molar refractivity (Wildman–Crippen MR) is 63.4 cm³/mol. The van der Waals surface area contributed by atoms with E-state index in [-0.39, 0.29) is 29.9 Å². The zero-order chi connectivity index (χ0) is 10.7. The first-order chi connectivity index (χ1) is 6.56. The van der Waals surface area contributed by atoms with Crippen molar-refractivity contribution in [1.82, 2.24) is 0 Å². The standard InChI is InChI=1S/C11H17NO2.ClH/c1-3-7(2)11(12)9-5-4-8(13)6-10(9)14;/h4-7,11,13-14H,3,12H2,1-2H3;1H/t7?,11-;/m0./s1. The molecule has 4 heteroatoms. The van der Waals surface area contributed by atoms with E-state index in [0.717, 1.165) is 6.42 Å². The molecule has 0 aromatic heterocycles. The molecule has 0 spiro atoms. The second-order valence-corrected chi connectivity index (χ2v) is 3.65. The second kappa shape index (κ2) is 5.83. The first-order valence-electron chi connectivity index (χ1n) is 4.83. The molecule has 0 saturated heterocycles. The Bertz CT molecular complexity index is 317. The first-order valence-corrected chi connectivity index (χ1v) is 4.83. The molecule has 15 heavy (non-hydrogen) atoms. The van der Waals surface area contributed by atoms with Gasteiger partial charge in [-0.15, -0.1) is 12.4 Å². The van der Waals surface area contributed by atoms with Crippen molar-refractivity contribution in [3.8, 4) is 11.5 Å². The maximum atomic E-state index is 9.57. The zero-order valence-corrected chi connectivity index (χ0v) is 9.79. The van der Waals surface area contributed by atoms with E-state index in [1.807, 2.05) is 6.92 Å². The van der Waals surface area contributed by atoms with Crippen LogP contribution >= 0.6 is 12.4 Å². The van der Waals surface area contributed by atoms with Crippen molar-refractivity contribution in [2.24, 2.45) is 11.7 Å². The van der Waals surface area contributed by atoms with Gasteiger partial charge in [-0.25, -0.2) is 0 Å². The van der Waals surface area contributed by atoms with Crippen LogP contribution in [-0.2, 0) is 0 Å². The van der Waals surface area contributed by atoms with E-state index in [1.165, 1.54) is 12.1 Å². The number of halogens is 1. The number of hydrogen-bond acceptors (Lipinski definition) is 3. The van der Waals surface area contributed by atoms with Crippen molar-refractivity contribution in [2.45, 2.75) is 26.3 Å². The number of rotatable bonds is 3. The van der Waals surface area contributed by atoms with Crippen LogP contribution in [0, 0.1) is 5.92 Å². The lowest BCUT2D eigenvalue weighted by molar-refractivity contribution is 0.412. The summed E-state index contributed by atoms with van der Waals surface area (Å²) < 4.78 is 0. The summed E-state index contributed by atoms with van der Waals surface area (Å²) in [5.41, 5.74) is 6.65. The van der Waals surface area contributed by atoms with Gasteiger partial charge >= 0.3 is 0 Å². The third kappa shape index (κ3) is 3.29. The molecule has 86 valence electrons. The van der Waals surface area contributed by atoms with E-state index < -0.39 is 0 Å². The fourth-order valence-corrected chi connectivity index (χ4v) is 1.37. The van der Waals surface area contributed by atoms with Gasteiger partial charge in [-0.05, 0) is 12.0 Å². The Morgan fingerprint density at radius 2 is 1.93 bits per heavy atom. The maximum Gasteiger partial charge on any atom is 0.124 e. The monoisotopic (exact) mass is 231 g/mol. The summed E-state index contributed by atoms with van der Waals surface area (Å²) in [5, 5.41) is 18.7. The molecule has 0 aliphatic heterocycles. The molecule has 4 N–H and O–H groups in total. The lowest BCUT2D eigenvalue weighted by Gasteiger charge is -2.19. The Hall–Kier alpha value is -0.930. The van der Waals surface area contributed by atoms with E-state index in [9.17, 15) is 5.11 Å². The van der Waals surface area contributed by atoms with Crippen molar-refractivity contribution in [1.29, 1.82) is 0 Å². The third-order valence-electron chi connectivity index (χ3n) is 2.63. The molecule has 1 aromatic carbocycles. The number of phenolic OH excluding ortho intramolecular Hbond substituents is 2. The molecule has 0 bridgehead atoms. The van der Waals surface area contributed by atoms with Gasteiger partial charge in [0.2, 0.25) is 0 Å². The number of aromatic hydroxyl groups is 2. The van der Waals surface area contributed by atoms with Gasteiger partial charge in [-0.1, -0.05) is 26.3 Å². The molecule has 1 unspecified atom stereocenters. The Morgan fingerprint density at radius 1 is 1.33 bits per heavy atom. The van der Waals surface area contributed by atoms with Crippen molar-refractivity contribution >= 4 is 12.4 Å². The van der Waals surface area contributed by atoms with Gasteiger partial charge in [0, 0.05) is 17.7 Å². The van der Waals surface area contributed by atoms with Crippen LogP contribution < -0.4 is 5.73 Å². The SMILES string of the molecule is CCC(C)[C@H](N)c1ccc(O)cc1O.Cl. The van der Waals surface area contributed by atoms with E-state index >= 15 is 0 Å². The van der Waals surface area contributed by atoms with Crippen LogP contribution in [0.25, 0.3) is 0 Å². The van der Waals surface area contributed by atoms with Crippen molar-refractivity contribution in [2.75, 3.05) is 0 Å². The third-order valence-corrected chi connectivity index (χ3v) is 2.63. The highest BCUT2D eigenvalue weighted by Crippen LogP contribution is 2.31. The lowest BCUT2D eigenvalue weighted by Crippen LogP contribution is -2.18. The van der Waals surface area contributed by atoms with Crippen LogP contribution in [0.3, 0.4) is 0 Å². The highest BCUT2D eigenvalue weighted by molar-refractivity contribution is 5.85. The van der Waals surface area contributed by atoms with E-state index in [4.69, 9.17) is 10.8 Å². The largest absolute Gasteiger partial charge is 0.508 e. The van der Waals surface area contributed by atoms with Crippen LogP contribution in [0.15, 0.2) is 18.2 Å². The average Bonchev–Trinajstić information content (AvgIpc) is 2.15. The van der Waals surface area contributed by atoms with E-state index in [0.29, 0.717) is 11.5 Å². The van der Waals surface area contributed by atoms with Crippen LogP contribution in [0.4, 0.5) is 0 Å². The first kappa shape index (κ1) is 14.1. The van der Waals surface area contributed by atoms with Crippen molar-refractivity contribution in [3.05, 3.63) is 23.8 Å². The minimum absolute atomic E-state index is 0. The molecule has 0 heterocycles. The van der Waals surface area contributed by atoms with Crippen LogP contribution in [-0.4, -0.2) is 10.2 Å². The van der Waals surface area contributed by atoms with Crippen LogP contribution in [0.1, 0.15) is 31.9 Å². The minimum atomic E-state index is -0.180. The topological polar surface area (TPSA) is 66.5 Å². The normalized spacial score (nSPS) is 14.1. The molecule has 0 amide bonds. The van der Waals surface area contributed by atoms with Gasteiger partial charge in [0.25, 0.3) is 0 Å². The Morgan fingerprint density at radius 3 is 2.40 bits per heavy atom. The molecule has 0 fully saturated rings. The molecule has 0 aliphatic carbocycles. The molecule has 1 aromatic rings. The molecule has 1 rings (SSSR count). The van der Waals surface area contributed by atoms with Crippen molar-refractivity contribution in [3.63, 3.8) is 0 Å². The maximum absolute atomic E-state index is 9.57. The van der Waals surface area contributed by atoms with Crippen LogP contribution in [0.2, 0.25) is 0 Å². The molecule has 0 saturated carbocycles. The van der Waals surface area contributed by atoms with Crippen molar-refractivity contribution < 1.29 is 10.2 Å². The Labute approximate surface area is 96.3 Å². The molecule has 0 aliphatic rings. The minimum Gasteiger partial charge on any atom is -0.508 e. The summed E-state index contributed by atoms with van der Waals surface area (Å²) in [5.74, 6) is 0.436. The number of nitrogens with two attached hydrogens (primary N) is 1. The summed E-state index contributed by atoms with van der Waals surface area (Å²) in [7, 11) is 0. The van der Waals surface area contributed by atoms with Crippen LogP contribution in [0.5, 0.6) is 11.5 Å². The molecular formula is C11H18ClNO2. The summed E-state index contributed by atoms with van der Waals surface area (Å²) >= 11 is 0. The van der Waals surface area contributed by atoms with Gasteiger partial charge in [0.15, 0.2) is 0 Å². The van der Waals surface area contributed by atoms with Gasteiger partial charge in [-0.2, -0.15) is 0 Å². The van der Waals surface area contributed by atoms with E-state index in [1.54, 1.807) is 6.07 Å². The highest BCUT2D eigenvalue weighted by atomic mass is 35.5. The average molecular weight is 232 g/mol. The lowest BCUT2D eigenvalue weighted by atomic mass is 9.93. The summed E-state index contributed by atoms with van der Waals surface area (Å²) in [6, 6.07) is 4.34. The second-order valence-electron chi connectivity index (χ2n) is 3.65.